The molecule has 14 nitrogen and oxygen atoms in total. The van der Waals surface area contributed by atoms with Crippen molar-refractivity contribution in [3.63, 3.8) is 0 Å². The monoisotopic (exact) mass is 543 g/mol. The third kappa shape index (κ3) is 4.71. The van der Waals surface area contributed by atoms with Crippen LogP contribution in [0.2, 0.25) is 0 Å². The molecule has 2 amide bonds. The first-order valence-electron chi connectivity index (χ1n) is 9.40. The van der Waals surface area contributed by atoms with Crippen molar-refractivity contribution in [3.05, 3.63) is 22.1 Å². The van der Waals surface area contributed by atoms with E-state index in [-0.39, 0.29) is 28.9 Å². The maximum absolute atomic E-state index is 12.9. The topological polar surface area (TPSA) is 212 Å². The fourth-order valence-electron chi connectivity index (χ4n) is 3.14. The predicted molar refractivity (Wildman–Crippen MR) is 126 cm³/mol. The molecule has 0 aromatic carbocycles. The number of thioether (sulfide) groups is 2. The predicted octanol–water partition coefficient (Wildman–Crippen LogP) is -0.688. The highest BCUT2D eigenvalue weighted by molar-refractivity contribution is 8.01. The minimum absolute atomic E-state index is 0.0401. The van der Waals surface area contributed by atoms with Crippen LogP contribution in [0, 0.1) is 0 Å². The molecule has 18 heteroatoms. The van der Waals surface area contributed by atoms with Gasteiger partial charge in [-0.3, -0.25) is 14.5 Å². The average molecular weight is 544 g/mol. The van der Waals surface area contributed by atoms with Gasteiger partial charge >= 0.3 is 5.97 Å². The van der Waals surface area contributed by atoms with E-state index in [0.717, 1.165) is 11.5 Å². The van der Waals surface area contributed by atoms with E-state index in [2.05, 4.69) is 30.0 Å². The van der Waals surface area contributed by atoms with Gasteiger partial charge < -0.3 is 26.7 Å². The zero-order chi connectivity index (χ0) is 24.4. The number of fused-ring (bicyclic) bond motifs is 1. The van der Waals surface area contributed by atoms with Gasteiger partial charge in [0.2, 0.25) is 11.5 Å². The van der Waals surface area contributed by atoms with Crippen LogP contribution in [0.1, 0.15) is 10.8 Å². The smallest absolute Gasteiger partial charge is 0.352 e. The molecule has 0 aliphatic carbocycles. The first kappa shape index (κ1) is 24.3. The number of nitrogens with one attached hydrogen (secondary N) is 1. The molecular formula is C16H17N9O5S4. The second-order valence-electron chi connectivity index (χ2n) is 6.65. The van der Waals surface area contributed by atoms with Crippen LogP contribution in [0.4, 0.5) is 5.13 Å². The van der Waals surface area contributed by atoms with Crippen molar-refractivity contribution in [1.82, 2.24) is 29.8 Å². The SMILES string of the molecule is CO/N=C(/C(=O)NC1C(=O)N2C(C(=O)O)=C(CSc3nnc(CN)s3)CS[C@H]12)c1nsc(N)n1. The van der Waals surface area contributed by atoms with Crippen molar-refractivity contribution in [1.29, 1.82) is 0 Å². The molecule has 2 aromatic rings. The van der Waals surface area contributed by atoms with Gasteiger partial charge in [0.1, 0.15) is 29.2 Å². The number of aromatic nitrogens is 4. The van der Waals surface area contributed by atoms with Gasteiger partial charge in [-0.15, -0.1) is 22.0 Å². The fraction of sp³-hybridized carbons (Fsp3) is 0.375. The van der Waals surface area contributed by atoms with Crippen LogP contribution in [0.15, 0.2) is 20.8 Å². The Labute approximate surface area is 208 Å². The Morgan fingerprint density at radius 1 is 1.41 bits per heavy atom. The number of hydrogen-bond donors (Lipinski definition) is 4. The number of rotatable bonds is 9. The van der Waals surface area contributed by atoms with E-state index in [1.807, 2.05) is 0 Å². The van der Waals surface area contributed by atoms with Gasteiger partial charge in [0.05, 0.1) is 0 Å². The normalized spacial score (nSPS) is 20.1. The lowest BCUT2D eigenvalue weighted by Gasteiger charge is -2.49. The summed E-state index contributed by atoms with van der Waals surface area (Å²) in [6, 6.07) is -0.950. The number of anilines is 1. The summed E-state index contributed by atoms with van der Waals surface area (Å²) in [7, 11) is 1.25. The second-order valence-corrected chi connectivity index (χ2v) is 10.8. The number of β-lactam (4-membered cyclic amide) rings is 1. The van der Waals surface area contributed by atoms with E-state index in [9.17, 15) is 19.5 Å². The zero-order valence-electron chi connectivity index (χ0n) is 17.3. The third-order valence-electron chi connectivity index (χ3n) is 4.58. The van der Waals surface area contributed by atoms with E-state index >= 15 is 0 Å². The highest BCUT2D eigenvalue weighted by atomic mass is 32.2. The van der Waals surface area contributed by atoms with E-state index < -0.39 is 29.2 Å². The van der Waals surface area contributed by atoms with Crippen molar-refractivity contribution in [2.45, 2.75) is 22.3 Å². The number of amides is 2. The Morgan fingerprint density at radius 2 is 2.21 bits per heavy atom. The molecule has 6 N–H and O–H groups in total. The number of nitrogens with zero attached hydrogens (tertiary/aromatic N) is 6. The summed E-state index contributed by atoms with van der Waals surface area (Å²) in [6.45, 7) is 0.275. The highest BCUT2D eigenvalue weighted by Gasteiger charge is 2.54. The first-order chi connectivity index (χ1) is 16.3. The Bertz CT molecular complexity index is 1200. The van der Waals surface area contributed by atoms with Gasteiger partial charge in [-0.25, -0.2) is 4.79 Å². The van der Waals surface area contributed by atoms with Crippen LogP contribution in [0.3, 0.4) is 0 Å². The maximum Gasteiger partial charge on any atom is 0.352 e. The molecule has 4 rings (SSSR count). The number of nitrogens with two attached hydrogens (primary N) is 2. The van der Waals surface area contributed by atoms with Crippen molar-refractivity contribution < 1.29 is 24.3 Å². The van der Waals surface area contributed by atoms with E-state index in [1.54, 1.807) is 0 Å². The van der Waals surface area contributed by atoms with Crippen LogP contribution in [-0.2, 0) is 25.8 Å². The summed E-state index contributed by atoms with van der Waals surface area (Å²) in [4.78, 5) is 47.4. The average Bonchev–Trinajstić information content (AvgIpc) is 3.47. The summed E-state index contributed by atoms with van der Waals surface area (Å²) in [5, 5.41) is 24.2. The number of carboxylic acid groups (broad SMARTS) is 1. The standard InChI is InChI=1S/C16H17N9O5S4/c1-30-23-7(10-20-15(18)34-24-10)11(26)19-8-12(27)25-9(14(28)29)5(3-31-13(8)25)4-32-16-22-21-6(2-17)33-16/h8,13H,2-4,17H2,1H3,(H,19,26)(H,28,29)(H2,18,20,24)/b23-7+/t8?,13-/m1/s1. The van der Waals surface area contributed by atoms with Crippen molar-refractivity contribution in [3.8, 4) is 0 Å². The molecule has 0 radical (unpaired) electrons. The van der Waals surface area contributed by atoms with Crippen molar-refractivity contribution in [2.24, 2.45) is 10.9 Å². The minimum atomic E-state index is -1.22. The molecule has 2 aliphatic rings. The van der Waals surface area contributed by atoms with Crippen LogP contribution in [-0.4, -0.2) is 83.1 Å². The summed E-state index contributed by atoms with van der Waals surface area (Å²) < 4.78 is 4.59. The summed E-state index contributed by atoms with van der Waals surface area (Å²) in [5.74, 6) is -1.87. The summed E-state index contributed by atoms with van der Waals surface area (Å²) in [5.41, 5.74) is 11.3. The molecule has 2 aromatic heterocycles. The van der Waals surface area contributed by atoms with Crippen molar-refractivity contribution >= 4 is 75.0 Å². The van der Waals surface area contributed by atoms with Crippen LogP contribution in [0.5, 0.6) is 0 Å². The van der Waals surface area contributed by atoms with E-state index in [0.29, 0.717) is 26.4 Å². The Hall–Kier alpha value is -2.80. The molecule has 1 saturated heterocycles. The van der Waals surface area contributed by atoms with Gasteiger partial charge in [-0.2, -0.15) is 9.36 Å². The minimum Gasteiger partial charge on any atom is -0.477 e. The molecular weight excluding hydrogens is 527 g/mol. The number of carbonyl (C=O) groups excluding carboxylic acids is 2. The van der Waals surface area contributed by atoms with Gasteiger partial charge in [0.25, 0.3) is 11.8 Å². The van der Waals surface area contributed by atoms with Crippen molar-refractivity contribution in [2.75, 3.05) is 24.3 Å². The quantitative estimate of drug-likeness (QED) is 0.134. The largest absolute Gasteiger partial charge is 0.477 e. The van der Waals surface area contributed by atoms with Crippen LogP contribution < -0.4 is 16.8 Å². The second kappa shape index (κ2) is 10.2. The van der Waals surface area contributed by atoms with E-state index in [1.165, 1.54) is 46.9 Å². The molecule has 2 aliphatic heterocycles. The zero-order valence-corrected chi connectivity index (χ0v) is 20.6. The Balaban J connectivity index is 1.48. The number of oxime groups is 1. The lowest BCUT2D eigenvalue weighted by Crippen LogP contribution is -2.71. The lowest BCUT2D eigenvalue weighted by atomic mass is 10.0. The number of carbonyl (C=O) groups is 3. The van der Waals surface area contributed by atoms with Gasteiger partial charge in [-0.05, 0) is 5.57 Å². The molecule has 2 atom stereocenters. The van der Waals surface area contributed by atoms with Gasteiger partial charge in [0.15, 0.2) is 9.47 Å². The highest BCUT2D eigenvalue weighted by Crippen LogP contribution is 2.41. The summed E-state index contributed by atoms with van der Waals surface area (Å²) in [6.07, 6.45) is 0. The number of aliphatic carboxylic acids is 1. The Kier molecular flexibility index (Phi) is 7.31. The Morgan fingerprint density at radius 3 is 2.82 bits per heavy atom. The molecule has 1 fully saturated rings. The lowest BCUT2D eigenvalue weighted by molar-refractivity contribution is -0.150. The molecule has 4 heterocycles. The maximum atomic E-state index is 12.9. The van der Waals surface area contributed by atoms with Gasteiger partial charge in [-0.1, -0.05) is 28.3 Å². The molecule has 0 bridgehead atoms. The molecule has 180 valence electrons. The number of carboxylic acids is 1. The van der Waals surface area contributed by atoms with Gasteiger partial charge in [0, 0.05) is 29.6 Å². The van der Waals surface area contributed by atoms with E-state index in [4.69, 9.17) is 16.3 Å². The molecule has 0 spiro atoms. The fourth-order valence-corrected chi connectivity index (χ4v) is 6.83. The van der Waals surface area contributed by atoms with Crippen LogP contribution in [0.25, 0.3) is 0 Å². The first-order valence-corrected chi connectivity index (χ1v) is 13.0. The number of hydrogen-bond acceptors (Lipinski definition) is 15. The molecule has 0 saturated carbocycles. The third-order valence-corrected chi connectivity index (χ3v) is 8.63. The number of nitrogen functional groups attached to an aromatic ring is 1. The molecule has 1 unspecified atom stereocenters. The molecule has 34 heavy (non-hydrogen) atoms. The summed E-state index contributed by atoms with van der Waals surface area (Å²) >= 11 is 4.89. The van der Waals surface area contributed by atoms with Crippen LogP contribution >= 0.6 is 46.4 Å².